The highest BCUT2D eigenvalue weighted by atomic mass is 16.2. The smallest absolute Gasteiger partial charge is 0.242 e. The van der Waals surface area contributed by atoms with Gasteiger partial charge in [-0.15, -0.1) is 0 Å². The molecule has 1 amide bonds. The van der Waals surface area contributed by atoms with E-state index >= 15 is 0 Å². The van der Waals surface area contributed by atoms with Crippen LogP contribution in [0.2, 0.25) is 0 Å². The number of nitriles is 1. The lowest BCUT2D eigenvalue weighted by molar-refractivity contribution is -0.161. The van der Waals surface area contributed by atoms with Gasteiger partial charge in [0.15, 0.2) is 0 Å². The predicted molar refractivity (Wildman–Crippen MR) is 108 cm³/mol. The summed E-state index contributed by atoms with van der Waals surface area (Å²) in [6.45, 7) is 7.71. The molecule has 0 bridgehead atoms. The standard InChI is InChI=1S/C21H33N5O/c1-16-12-17(2)19(18(3)13-16)14-20(27)26(24(6)7)21(15-22)8-10-25(11-9-21)23(4)5/h12-13H,8-11,14H2,1-7H3. The fraction of sp³-hybridized carbons (Fsp3) is 0.619. The summed E-state index contributed by atoms with van der Waals surface area (Å²) in [5.74, 6) is -0.0186. The molecule has 1 heterocycles. The molecule has 0 unspecified atom stereocenters. The van der Waals surface area contributed by atoms with Gasteiger partial charge in [-0.2, -0.15) is 5.26 Å². The number of piperidine rings is 1. The molecule has 0 radical (unpaired) electrons. The van der Waals surface area contributed by atoms with E-state index in [0.29, 0.717) is 19.3 Å². The van der Waals surface area contributed by atoms with Crippen LogP contribution in [0.3, 0.4) is 0 Å². The summed E-state index contributed by atoms with van der Waals surface area (Å²) < 4.78 is 0. The molecule has 0 atom stereocenters. The second kappa shape index (κ2) is 8.39. The first-order valence-corrected chi connectivity index (χ1v) is 9.52. The molecule has 6 heteroatoms. The third-order valence-electron chi connectivity index (χ3n) is 5.55. The summed E-state index contributed by atoms with van der Waals surface area (Å²) in [5, 5.41) is 17.8. The lowest BCUT2D eigenvalue weighted by Crippen LogP contribution is -2.62. The maximum atomic E-state index is 13.3. The number of hydrogen-bond donors (Lipinski definition) is 0. The molecular formula is C21H33N5O. The van der Waals surface area contributed by atoms with E-state index in [-0.39, 0.29) is 5.91 Å². The quantitative estimate of drug-likeness (QED) is 0.744. The van der Waals surface area contributed by atoms with E-state index in [1.165, 1.54) is 5.56 Å². The number of rotatable bonds is 5. The van der Waals surface area contributed by atoms with Gasteiger partial charge >= 0.3 is 0 Å². The number of amides is 1. The summed E-state index contributed by atoms with van der Waals surface area (Å²) in [7, 11) is 7.72. The molecule has 0 aliphatic carbocycles. The van der Waals surface area contributed by atoms with Gasteiger partial charge in [0.1, 0.15) is 5.54 Å². The van der Waals surface area contributed by atoms with E-state index in [1.54, 1.807) is 10.0 Å². The molecule has 1 saturated heterocycles. The molecule has 1 aliphatic heterocycles. The van der Waals surface area contributed by atoms with Crippen molar-refractivity contribution < 1.29 is 4.79 Å². The summed E-state index contributed by atoms with van der Waals surface area (Å²) in [5.41, 5.74) is 3.74. The van der Waals surface area contributed by atoms with Crippen molar-refractivity contribution in [3.63, 3.8) is 0 Å². The molecule has 1 aromatic rings. The largest absolute Gasteiger partial charge is 0.273 e. The summed E-state index contributed by atoms with van der Waals surface area (Å²) in [4.78, 5) is 13.3. The normalized spacial score (nSPS) is 17.2. The van der Waals surface area contributed by atoms with Crippen LogP contribution in [0.5, 0.6) is 0 Å². The van der Waals surface area contributed by atoms with Crippen LogP contribution < -0.4 is 0 Å². The molecule has 27 heavy (non-hydrogen) atoms. The van der Waals surface area contributed by atoms with Crippen molar-refractivity contribution in [2.75, 3.05) is 41.3 Å². The fourth-order valence-electron chi connectivity index (χ4n) is 4.20. The van der Waals surface area contributed by atoms with E-state index in [9.17, 15) is 10.1 Å². The van der Waals surface area contributed by atoms with Crippen molar-refractivity contribution in [1.29, 1.82) is 5.26 Å². The molecule has 1 aliphatic rings. The number of carbonyl (C=O) groups excluding carboxylic acids is 1. The number of aryl methyl sites for hydroxylation is 3. The first-order chi connectivity index (χ1) is 12.6. The Bertz CT molecular complexity index is 704. The van der Waals surface area contributed by atoms with E-state index in [0.717, 1.165) is 29.8 Å². The first-order valence-electron chi connectivity index (χ1n) is 9.52. The van der Waals surface area contributed by atoms with E-state index in [4.69, 9.17) is 0 Å². The SMILES string of the molecule is Cc1cc(C)c(CC(=O)N(N(C)C)C2(C#N)CCN(N(C)C)CC2)c(C)c1. The highest BCUT2D eigenvalue weighted by Crippen LogP contribution is 2.31. The second-order valence-electron chi connectivity index (χ2n) is 8.05. The van der Waals surface area contributed by atoms with Crippen LogP contribution in [0.25, 0.3) is 0 Å². The first kappa shape index (κ1) is 21.4. The van der Waals surface area contributed by atoms with Crippen molar-refractivity contribution in [2.45, 2.75) is 45.6 Å². The van der Waals surface area contributed by atoms with Crippen molar-refractivity contribution >= 4 is 5.91 Å². The number of nitrogens with zero attached hydrogens (tertiary/aromatic N) is 5. The maximum absolute atomic E-state index is 13.3. The molecule has 0 saturated carbocycles. The van der Waals surface area contributed by atoms with Crippen LogP contribution in [0, 0.1) is 32.1 Å². The van der Waals surface area contributed by atoms with Crippen LogP contribution in [-0.2, 0) is 11.2 Å². The van der Waals surface area contributed by atoms with Gasteiger partial charge in [0, 0.05) is 41.3 Å². The summed E-state index contributed by atoms with van der Waals surface area (Å²) in [6, 6.07) is 6.71. The molecule has 0 aromatic heterocycles. The van der Waals surface area contributed by atoms with Gasteiger partial charge in [0.05, 0.1) is 12.5 Å². The van der Waals surface area contributed by atoms with Gasteiger partial charge in [-0.25, -0.2) is 15.0 Å². The van der Waals surface area contributed by atoms with Gasteiger partial charge in [0.25, 0.3) is 0 Å². The van der Waals surface area contributed by atoms with E-state index in [2.05, 4.69) is 49.0 Å². The number of hydrazine groups is 2. The molecule has 2 rings (SSSR count). The molecule has 6 nitrogen and oxygen atoms in total. The van der Waals surface area contributed by atoms with E-state index in [1.807, 2.05) is 28.2 Å². The summed E-state index contributed by atoms with van der Waals surface area (Å²) in [6.07, 6.45) is 1.59. The fourth-order valence-corrected chi connectivity index (χ4v) is 4.20. The monoisotopic (exact) mass is 371 g/mol. The Morgan fingerprint density at radius 3 is 2.04 bits per heavy atom. The zero-order valence-corrected chi connectivity index (χ0v) is 17.8. The molecule has 0 spiro atoms. The number of carbonyl (C=O) groups is 1. The second-order valence-corrected chi connectivity index (χ2v) is 8.05. The van der Waals surface area contributed by atoms with Crippen molar-refractivity contribution in [2.24, 2.45) is 0 Å². The zero-order valence-electron chi connectivity index (χ0n) is 17.8. The van der Waals surface area contributed by atoms with Crippen LogP contribution >= 0.6 is 0 Å². The zero-order chi connectivity index (χ0) is 20.4. The minimum absolute atomic E-state index is 0.0186. The Morgan fingerprint density at radius 1 is 1.11 bits per heavy atom. The minimum Gasteiger partial charge on any atom is -0.273 e. The highest BCUT2D eigenvalue weighted by molar-refractivity contribution is 5.80. The van der Waals surface area contributed by atoms with Gasteiger partial charge in [-0.1, -0.05) is 17.7 Å². The van der Waals surface area contributed by atoms with Gasteiger partial charge in [-0.3, -0.25) is 9.80 Å². The lowest BCUT2D eigenvalue weighted by atomic mass is 9.87. The third-order valence-corrected chi connectivity index (χ3v) is 5.55. The molecule has 0 N–H and O–H groups in total. The highest BCUT2D eigenvalue weighted by Gasteiger charge is 2.44. The Morgan fingerprint density at radius 2 is 1.63 bits per heavy atom. The van der Waals surface area contributed by atoms with Crippen LogP contribution in [0.15, 0.2) is 12.1 Å². The van der Waals surface area contributed by atoms with Gasteiger partial charge < -0.3 is 0 Å². The summed E-state index contributed by atoms with van der Waals surface area (Å²) >= 11 is 0. The van der Waals surface area contributed by atoms with Crippen molar-refractivity contribution in [3.8, 4) is 6.07 Å². The Labute approximate surface area is 163 Å². The van der Waals surface area contributed by atoms with Gasteiger partial charge in [-0.05, 0) is 50.3 Å². The van der Waals surface area contributed by atoms with E-state index < -0.39 is 5.54 Å². The van der Waals surface area contributed by atoms with Crippen molar-refractivity contribution in [1.82, 2.24) is 20.0 Å². The number of benzene rings is 1. The average Bonchev–Trinajstić information content (AvgIpc) is 2.58. The van der Waals surface area contributed by atoms with Crippen molar-refractivity contribution in [3.05, 3.63) is 34.4 Å². The Balaban J connectivity index is 2.29. The predicted octanol–water partition coefficient (Wildman–Crippen LogP) is 2.29. The topological polar surface area (TPSA) is 53.8 Å². The van der Waals surface area contributed by atoms with Crippen LogP contribution in [0.4, 0.5) is 0 Å². The Kier molecular flexibility index (Phi) is 6.63. The molecule has 148 valence electrons. The Hall–Kier alpha value is -1.94. The van der Waals surface area contributed by atoms with Gasteiger partial charge in [0.2, 0.25) is 5.91 Å². The molecule has 1 fully saturated rings. The maximum Gasteiger partial charge on any atom is 0.242 e. The third kappa shape index (κ3) is 4.49. The molecular weight excluding hydrogens is 338 g/mol. The van der Waals surface area contributed by atoms with Crippen LogP contribution in [0.1, 0.15) is 35.1 Å². The lowest BCUT2D eigenvalue weighted by Gasteiger charge is -2.47. The minimum atomic E-state index is -0.792. The number of hydrogen-bond acceptors (Lipinski definition) is 5. The average molecular weight is 372 g/mol. The molecule has 1 aromatic carbocycles. The van der Waals surface area contributed by atoms with Crippen LogP contribution in [-0.4, -0.2) is 72.8 Å².